The second-order valence-corrected chi connectivity index (χ2v) is 10.6. The Kier molecular flexibility index (Phi) is 7.75. The number of nitrogens with one attached hydrogen (secondary N) is 1. The van der Waals surface area contributed by atoms with E-state index >= 15 is 0 Å². The predicted octanol–water partition coefficient (Wildman–Crippen LogP) is 3.02. The van der Waals surface area contributed by atoms with Crippen molar-refractivity contribution in [2.45, 2.75) is 38.1 Å². The number of hydrogen-bond donors (Lipinski definition) is 1. The van der Waals surface area contributed by atoms with E-state index in [9.17, 15) is 22.8 Å². The number of sulfone groups is 1. The summed E-state index contributed by atoms with van der Waals surface area (Å²) in [7, 11) is -3.32. The van der Waals surface area contributed by atoms with Gasteiger partial charge in [-0.1, -0.05) is 12.1 Å². The van der Waals surface area contributed by atoms with Crippen LogP contribution in [-0.2, 0) is 43.5 Å². The molecule has 2 amide bonds. The minimum absolute atomic E-state index is 0.00379. The highest BCUT2D eigenvalue weighted by molar-refractivity contribution is 7.90. The van der Waals surface area contributed by atoms with Crippen LogP contribution in [0.25, 0.3) is 0 Å². The molecular formula is C22H26N2O7S2. The molecule has 1 N–H and O–H groups in total. The van der Waals surface area contributed by atoms with Gasteiger partial charge in [-0.3, -0.25) is 4.79 Å². The van der Waals surface area contributed by atoms with Crippen LogP contribution in [0.1, 0.15) is 40.2 Å². The minimum Gasteiger partial charge on any atom is -0.462 e. The first-order valence-electron chi connectivity index (χ1n) is 10.5. The van der Waals surface area contributed by atoms with Gasteiger partial charge >= 0.3 is 12.1 Å². The Morgan fingerprint density at radius 2 is 1.76 bits per heavy atom. The Balaban J connectivity index is 1.81. The van der Waals surface area contributed by atoms with Crippen LogP contribution in [0.3, 0.4) is 0 Å². The predicted molar refractivity (Wildman–Crippen MR) is 123 cm³/mol. The average molecular weight is 495 g/mol. The molecule has 1 aliphatic heterocycles. The van der Waals surface area contributed by atoms with E-state index in [2.05, 4.69) is 5.32 Å². The van der Waals surface area contributed by atoms with E-state index < -0.39 is 21.9 Å². The molecule has 11 heteroatoms. The number of ether oxygens (including phenoxy) is 2. The number of carbonyl (C=O) groups is 3. The van der Waals surface area contributed by atoms with Gasteiger partial charge in [0.1, 0.15) is 5.00 Å². The molecule has 0 aliphatic carbocycles. The summed E-state index contributed by atoms with van der Waals surface area (Å²) in [6.45, 7) is 4.59. The third-order valence-electron chi connectivity index (χ3n) is 5.03. The molecule has 0 fully saturated rings. The molecule has 0 saturated heterocycles. The van der Waals surface area contributed by atoms with Crippen molar-refractivity contribution >= 4 is 44.1 Å². The fraction of sp³-hybridized carbons (Fsp3) is 0.409. The summed E-state index contributed by atoms with van der Waals surface area (Å²) in [6, 6.07) is 6.07. The van der Waals surface area contributed by atoms with E-state index in [-0.39, 0.29) is 37.0 Å². The number of nitrogens with zero attached hydrogens (tertiary/aromatic N) is 1. The van der Waals surface area contributed by atoms with Crippen LogP contribution in [0, 0.1) is 0 Å². The third kappa shape index (κ3) is 5.91. The maximum Gasteiger partial charge on any atom is 0.410 e. The first-order chi connectivity index (χ1) is 15.6. The summed E-state index contributed by atoms with van der Waals surface area (Å²) in [4.78, 5) is 40.0. The van der Waals surface area contributed by atoms with Crippen molar-refractivity contribution in [2.75, 3.05) is 31.3 Å². The van der Waals surface area contributed by atoms with Crippen molar-refractivity contribution in [1.82, 2.24) is 4.90 Å². The van der Waals surface area contributed by atoms with Crippen molar-refractivity contribution in [3.63, 3.8) is 0 Å². The van der Waals surface area contributed by atoms with Gasteiger partial charge in [0.2, 0.25) is 5.91 Å². The van der Waals surface area contributed by atoms with E-state index in [0.29, 0.717) is 29.1 Å². The summed E-state index contributed by atoms with van der Waals surface area (Å²) in [5, 5.41) is 3.17. The topological polar surface area (TPSA) is 119 Å². The highest BCUT2D eigenvalue weighted by Gasteiger charge is 2.31. The lowest BCUT2D eigenvalue weighted by Gasteiger charge is -2.26. The molecule has 0 radical (unpaired) electrons. The van der Waals surface area contributed by atoms with Crippen molar-refractivity contribution in [3.8, 4) is 0 Å². The molecule has 0 atom stereocenters. The number of benzene rings is 1. The molecule has 0 unspecified atom stereocenters. The molecule has 2 heterocycles. The number of esters is 1. The van der Waals surface area contributed by atoms with E-state index in [1.807, 2.05) is 0 Å². The number of rotatable bonds is 7. The Labute approximate surface area is 196 Å². The number of amides is 2. The maximum atomic E-state index is 12.7. The van der Waals surface area contributed by atoms with E-state index in [1.165, 1.54) is 23.5 Å². The molecular weight excluding hydrogens is 468 g/mol. The Morgan fingerprint density at radius 1 is 1.09 bits per heavy atom. The third-order valence-corrected chi connectivity index (χ3v) is 7.29. The molecule has 1 aromatic carbocycles. The van der Waals surface area contributed by atoms with Crippen LogP contribution in [0.15, 0.2) is 29.2 Å². The van der Waals surface area contributed by atoms with Gasteiger partial charge in [-0.2, -0.15) is 0 Å². The molecule has 178 valence electrons. The molecule has 0 spiro atoms. The Bertz CT molecular complexity index is 1150. The molecule has 33 heavy (non-hydrogen) atoms. The SMILES string of the molecule is CCOC(=O)c1c(NC(=O)Cc2ccc(S(C)(=O)=O)cc2)sc2c1CCN(C(=O)OCC)C2. The Hall–Kier alpha value is -2.92. The number of fused-ring (bicyclic) bond motifs is 1. The number of hydrogen-bond acceptors (Lipinski definition) is 8. The lowest BCUT2D eigenvalue weighted by molar-refractivity contribution is -0.115. The number of carbonyl (C=O) groups excluding carboxylic acids is 3. The zero-order chi connectivity index (χ0) is 24.2. The zero-order valence-corrected chi connectivity index (χ0v) is 20.3. The zero-order valence-electron chi connectivity index (χ0n) is 18.7. The summed E-state index contributed by atoms with van der Waals surface area (Å²) < 4.78 is 33.5. The first kappa shape index (κ1) is 24.7. The van der Waals surface area contributed by atoms with E-state index in [1.54, 1.807) is 30.9 Å². The van der Waals surface area contributed by atoms with Gasteiger partial charge in [0.15, 0.2) is 9.84 Å². The standard InChI is InChI=1S/C22H26N2O7S2/c1-4-30-21(26)19-16-10-11-24(22(27)31-5-2)13-17(16)32-20(19)23-18(25)12-14-6-8-15(9-7-14)33(3,28)29/h6-9H,4-5,10-13H2,1-3H3,(H,23,25). The number of thiophene rings is 1. The van der Waals surface area contributed by atoms with Crippen LogP contribution >= 0.6 is 11.3 Å². The van der Waals surface area contributed by atoms with E-state index in [0.717, 1.165) is 16.7 Å². The van der Waals surface area contributed by atoms with E-state index in [4.69, 9.17) is 9.47 Å². The lowest BCUT2D eigenvalue weighted by Crippen LogP contribution is -2.36. The van der Waals surface area contributed by atoms with Crippen LogP contribution < -0.4 is 5.32 Å². The second-order valence-electron chi connectivity index (χ2n) is 7.44. The molecule has 0 saturated carbocycles. The van der Waals surface area contributed by atoms with Gasteiger partial charge in [0, 0.05) is 17.7 Å². The molecule has 1 aliphatic rings. The van der Waals surface area contributed by atoms with Crippen molar-refractivity contribution in [1.29, 1.82) is 0 Å². The second kappa shape index (κ2) is 10.3. The normalized spacial score (nSPS) is 13.2. The highest BCUT2D eigenvalue weighted by atomic mass is 32.2. The van der Waals surface area contributed by atoms with Crippen molar-refractivity contribution in [2.24, 2.45) is 0 Å². The van der Waals surface area contributed by atoms with Crippen LogP contribution in [0.5, 0.6) is 0 Å². The van der Waals surface area contributed by atoms with Gasteiger partial charge in [0.05, 0.1) is 36.6 Å². The minimum atomic E-state index is -3.32. The van der Waals surface area contributed by atoms with Gasteiger partial charge in [0.25, 0.3) is 0 Å². The average Bonchev–Trinajstić information content (AvgIpc) is 3.10. The molecule has 2 aromatic rings. The van der Waals surface area contributed by atoms with Gasteiger partial charge in [-0.15, -0.1) is 11.3 Å². The first-order valence-corrected chi connectivity index (χ1v) is 13.2. The fourth-order valence-corrected chi connectivity index (χ4v) is 5.39. The fourth-order valence-electron chi connectivity index (χ4n) is 3.49. The van der Waals surface area contributed by atoms with Gasteiger partial charge in [-0.25, -0.2) is 18.0 Å². The smallest absolute Gasteiger partial charge is 0.410 e. The molecule has 9 nitrogen and oxygen atoms in total. The molecule has 3 rings (SSSR count). The highest BCUT2D eigenvalue weighted by Crippen LogP contribution is 2.38. The maximum absolute atomic E-state index is 12.7. The van der Waals surface area contributed by atoms with Crippen LogP contribution in [0.4, 0.5) is 9.80 Å². The van der Waals surface area contributed by atoms with Gasteiger partial charge < -0.3 is 19.7 Å². The summed E-state index contributed by atoms with van der Waals surface area (Å²) in [6.07, 6.45) is 1.15. The quantitative estimate of drug-likeness (QED) is 0.588. The van der Waals surface area contributed by atoms with Crippen LogP contribution in [0.2, 0.25) is 0 Å². The summed E-state index contributed by atoms with van der Waals surface area (Å²) in [5.74, 6) is -0.874. The Morgan fingerprint density at radius 3 is 2.36 bits per heavy atom. The summed E-state index contributed by atoms with van der Waals surface area (Å²) >= 11 is 1.24. The lowest BCUT2D eigenvalue weighted by atomic mass is 10.0. The number of anilines is 1. The molecule has 0 bridgehead atoms. The summed E-state index contributed by atoms with van der Waals surface area (Å²) in [5.41, 5.74) is 1.72. The largest absolute Gasteiger partial charge is 0.462 e. The van der Waals surface area contributed by atoms with Crippen molar-refractivity contribution < 1.29 is 32.3 Å². The monoisotopic (exact) mass is 494 g/mol. The van der Waals surface area contributed by atoms with Crippen molar-refractivity contribution in [3.05, 3.63) is 45.8 Å². The van der Waals surface area contributed by atoms with Gasteiger partial charge in [-0.05, 0) is 43.5 Å². The molecule has 1 aromatic heterocycles. The van der Waals surface area contributed by atoms with Crippen LogP contribution in [-0.4, -0.2) is 57.3 Å².